The Morgan fingerprint density at radius 2 is 1.71 bits per heavy atom. The molecule has 144 valence electrons. The zero-order valence-electron chi connectivity index (χ0n) is 16.2. The summed E-state index contributed by atoms with van der Waals surface area (Å²) in [5.41, 5.74) is 1.71. The Labute approximate surface area is 164 Å². The maximum Gasteiger partial charge on any atom is 0.290 e. The third-order valence-corrected chi connectivity index (χ3v) is 5.46. The maximum absolute atomic E-state index is 13.1. The van der Waals surface area contributed by atoms with Gasteiger partial charge in [-0.3, -0.25) is 14.0 Å². The van der Waals surface area contributed by atoms with E-state index in [4.69, 9.17) is 0 Å². The molecule has 1 fully saturated rings. The lowest BCUT2D eigenvalue weighted by Crippen LogP contribution is -2.38. The molecule has 0 spiro atoms. The summed E-state index contributed by atoms with van der Waals surface area (Å²) in [6.45, 7) is 3.67. The SMILES string of the molecule is CC1CCN(C(=O)c2nc(C(=O)N(C)c3ccccc3)c3ccccn23)CC1. The summed E-state index contributed by atoms with van der Waals surface area (Å²) in [4.78, 5) is 34.2. The fraction of sp³-hybridized carbons (Fsp3) is 0.318. The van der Waals surface area contributed by atoms with E-state index < -0.39 is 0 Å². The first-order valence-corrected chi connectivity index (χ1v) is 9.65. The van der Waals surface area contributed by atoms with Crippen LogP contribution in [-0.2, 0) is 0 Å². The van der Waals surface area contributed by atoms with Crippen LogP contribution < -0.4 is 4.90 Å². The molecule has 1 aliphatic rings. The van der Waals surface area contributed by atoms with Gasteiger partial charge in [0.1, 0.15) is 0 Å². The molecule has 0 unspecified atom stereocenters. The maximum atomic E-state index is 13.1. The van der Waals surface area contributed by atoms with Crippen molar-refractivity contribution in [3.05, 3.63) is 66.2 Å². The normalized spacial score (nSPS) is 15.0. The van der Waals surface area contributed by atoms with E-state index in [0.717, 1.165) is 31.6 Å². The van der Waals surface area contributed by atoms with Gasteiger partial charge in [0.25, 0.3) is 11.8 Å². The Morgan fingerprint density at radius 1 is 1.04 bits per heavy atom. The Hall–Kier alpha value is -3.15. The molecule has 4 rings (SSSR count). The molecule has 1 aliphatic heterocycles. The molecule has 0 saturated carbocycles. The summed E-state index contributed by atoms with van der Waals surface area (Å²) in [6.07, 6.45) is 3.79. The standard InChI is InChI=1S/C22H24N4O2/c1-16-11-14-25(15-12-16)22(28)20-23-19(18-10-6-7-13-26(18)20)21(27)24(2)17-8-4-3-5-9-17/h3-10,13,16H,11-12,14-15H2,1-2H3. The number of amides is 2. The predicted molar refractivity (Wildman–Crippen MR) is 109 cm³/mol. The number of aromatic nitrogens is 2. The van der Waals surface area contributed by atoms with Gasteiger partial charge in [0.15, 0.2) is 5.69 Å². The van der Waals surface area contributed by atoms with Crippen LogP contribution in [-0.4, -0.2) is 46.2 Å². The molecule has 1 saturated heterocycles. The highest BCUT2D eigenvalue weighted by molar-refractivity contribution is 6.10. The van der Waals surface area contributed by atoms with Gasteiger partial charge in [0.05, 0.1) is 5.52 Å². The van der Waals surface area contributed by atoms with E-state index >= 15 is 0 Å². The molecule has 28 heavy (non-hydrogen) atoms. The zero-order valence-corrected chi connectivity index (χ0v) is 16.2. The third kappa shape index (κ3) is 3.26. The van der Waals surface area contributed by atoms with Crippen molar-refractivity contribution in [2.24, 2.45) is 5.92 Å². The van der Waals surface area contributed by atoms with Gasteiger partial charge in [-0.25, -0.2) is 4.98 Å². The van der Waals surface area contributed by atoms with Crippen LogP contribution in [0.15, 0.2) is 54.7 Å². The van der Waals surface area contributed by atoms with Gasteiger partial charge >= 0.3 is 0 Å². The topological polar surface area (TPSA) is 57.9 Å². The van der Waals surface area contributed by atoms with Crippen molar-refractivity contribution in [1.29, 1.82) is 0 Å². The number of fused-ring (bicyclic) bond motifs is 1. The summed E-state index contributed by atoms with van der Waals surface area (Å²) in [7, 11) is 1.72. The number of rotatable bonds is 3. The Bertz CT molecular complexity index is 1000. The number of piperidine rings is 1. The number of carbonyl (C=O) groups is 2. The van der Waals surface area contributed by atoms with E-state index in [1.54, 1.807) is 22.5 Å². The van der Waals surface area contributed by atoms with Crippen LogP contribution in [0.3, 0.4) is 0 Å². The second kappa shape index (κ2) is 7.46. The first-order chi connectivity index (χ1) is 13.6. The smallest absolute Gasteiger partial charge is 0.290 e. The van der Waals surface area contributed by atoms with Crippen molar-refractivity contribution in [2.75, 3.05) is 25.0 Å². The number of nitrogens with zero attached hydrogens (tertiary/aromatic N) is 4. The number of hydrogen-bond acceptors (Lipinski definition) is 3. The van der Waals surface area contributed by atoms with Crippen molar-refractivity contribution in [3.8, 4) is 0 Å². The number of benzene rings is 1. The van der Waals surface area contributed by atoms with Crippen molar-refractivity contribution in [2.45, 2.75) is 19.8 Å². The molecule has 6 heteroatoms. The number of para-hydroxylation sites is 1. The second-order valence-corrected chi connectivity index (χ2v) is 7.41. The number of hydrogen-bond donors (Lipinski definition) is 0. The Kier molecular flexibility index (Phi) is 4.86. The van der Waals surface area contributed by atoms with E-state index in [2.05, 4.69) is 11.9 Å². The first kappa shape index (κ1) is 18.2. The molecule has 0 radical (unpaired) electrons. The average Bonchev–Trinajstić information content (AvgIpc) is 3.13. The molecule has 1 aromatic carbocycles. The predicted octanol–water partition coefficient (Wildman–Crippen LogP) is 3.48. The van der Waals surface area contributed by atoms with Crippen LogP contribution in [0.5, 0.6) is 0 Å². The van der Waals surface area contributed by atoms with E-state index in [1.165, 1.54) is 0 Å². The van der Waals surface area contributed by atoms with Gasteiger partial charge in [-0.2, -0.15) is 0 Å². The molecule has 6 nitrogen and oxygen atoms in total. The number of anilines is 1. The minimum absolute atomic E-state index is 0.116. The zero-order chi connectivity index (χ0) is 19.7. The third-order valence-electron chi connectivity index (χ3n) is 5.46. The molecule has 2 aromatic heterocycles. The van der Waals surface area contributed by atoms with Crippen LogP contribution in [0.1, 0.15) is 40.9 Å². The second-order valence-electron chi connectivity index (χ2n) is 7.41. The van der Waals surface area contributed by atoms with E-state index in [-0.39, 0.29) is 11.8 Å². The molecule has 3 aromatic rings. The molecule has 2 amide bonds. The van der Waals surface area contributed by atoms with Gasteiger partial charge in [-0.1, -0.05) is 31.2 Å². The van der Waals surface area contributed by atoms with E-state index in [1.807, 2.05) is 53.4 Å². The fourth-order valence-electron chi connectivity index (χ4n) is 3.63. The summed E-state index contributed by atoms with van der Waals surface area (Å²) < 4.78 is 1.73. The molecular formula is C22H24N4O2. The number of imidazole rings is 1. The van der Waals surface area contributed by atoms with Gasteiger partial charge < -0.3 is 9.80 Å². The Morgan fingerprint density at radius 3 is 2.43 bits per heavy atom. The lowest BCUT2D eigenvalue weighted by molar-refractivity contribution is 0.0684. The summed E-state index contributed by atoms with van der Waals surface area (Å²) in [5, 5.41) is 0. The van der Waals surface area contributed by atoms with Crippen molar-refractivity contribution in [1.82, 2.24) is 14.3 Å². The minimum atomic E-state index is -0.235. The largest absolute Gasteiger partial charge is 0.336 e. The summed E-state index contributed by atoms with van der Waals surface area (Å²) in [5.74, 6) is 0.587. The highest BCUT2D eigenvalue weighted by Crippen LogP contribution is 2.22. The number of carbonyl (C=O) groups excluding carboxylic acids is 2. The molecule has 0 aliphatic carbocycles. The fourth-order valence-corrected chi connectivity index (χ4v) is 3.63. The van der Waals surface area contributed by atoms with E-state index in [9.17, 15) is 9.59 Å². The first-order valence-electron chi connectivity index (χ1n) is 9.65. The van der Waals surface area contributed by atoms with Crippen LogP contribution in [0.25, 0.3) is 5.52 Å². The highest BCUT2D eigenvalue weighted by atomic mass is 16.2. The molecule has 0 atom stereocenters. The monoisotopic (exact) mass is 376 g/mol. The van der Waals surface area contributed by atoms with Crippen LogP contribution in [0.4, 0.5) is 5.69 Å². The van der Waals surface area contributed by atoms with Crippen LogP contribution in [0, 0.1) is 5.92 Å². The molecule has 0 bridgehead atoms. The average molecular weight is 376 g/mol. The summed E-state index contributed by atoms with van der Waals surface area (Å²) in [6, 6.07) is 15.0. The molecule has 0 N–H and O–H groups in total. The van der Waals surface area contributed by atoms with Gasteiger partial charge in [0.2, 0.25) is 5.82 Å². The molecule has 3 heterocycles. The minimum Gasteiger partial charge on any atom is -0.336 e. The van der Waals surface area contributed by atoms with Gasteiger partial charge in [-0.15, -0.1) is 0 Å². The lowest BCUT2D eigenvalue weighted by atomic mass is 9.99. The highest BCUT2D eigenvalue weighted by Gasteiger charge is 2.28. The van der Waals surface area contributed by atoms with Gasteiger partial charge in [-0.05, 0) is 43.0 Å². The number of likely N-dealkylation sites (tertiary alicyclic amines) is 1. The summed E-state index contributed by atoms with van der Waals surface area (Å²) >= 11 is 0. The van der Waals surface area contributed by atoms with Crippen molar-refractivity contribution in [3.63, 3.8) is 0 Å². The van der Waals surface area contributed by atoms with Gasteiger partial charge in [0, 0.05) is 32.0 Å². The van der Waals surface area contributed by atoms with Crippen LogP contribution in [0.2, 0.25) is 0 Å². The van der Waals surface area contributed by atoms with E-state index in [0.29, 0.717) is 23.0 Å². The molecular weight excluding hydrogens is 352 g/mol. The van der Waals surface area contributed by atoms with Crippen molar-refractivity contribution < 1.29 is 9.59 Å². The lowest BCUT2D eigenvalue weighted by Gasteiger charge is -2.29. The number of pyridine rings is 1. The Balaban J connectivity index is 1.70. The van der Waals surface area contributed by atoms with Crippen molar-refractivity contribution >= 4 is 23.0 Å². The quantitative estimate of drug-likeness (QED) is 0.703. The van der Waals surface area contributed by atoms with Crippen LogP contribution >= 0.6 is 0 Å².